The van der Waals surface area contributed by atoms with Gasteiger partial charge in [-0.05, 0) is 38.5 Å². The molecule has 0 saturated heterocycles. The van der Waals surface area contributed by atoms with Crippen LogP contribution in [0.15, 0.2) is 18.2 Å². The maximum absolute atomic E-state index is 14.0. The van der Waals surface area contributed by atoms with Gasteiger partial charge in [-0.25, -0.2) is 4.39 Å². The zero-order chi connectivity index (χ0) is 13.9. The van der Waals surface area contributed by atoms with Gasteiger partial charge in [-0.1, -0.05) is 6.07 Å². The van der Waals surface area contributed by atoms with Gasteiger partial charge in [0.25, 0.3) is 0 Å². The number of amides is 1. The summed E-state index contributed by atoms with van der Waals surface area (Å²) in [4.78, 5) is 12.6. The molecule has 5 heteroatoms. The molecule has 0 fully saturated rings. The van der Waals surface area contributed by atoms with Crippen molar-refractivity contribution in [3.8, 4) is 0 Å². The predicted octanol–water partition coefficient (Wildman–Crippen LogP) is 1.58. The molecule has 100 valence electrons. The monoisotopic (exact) mass is 254 g/mol. The Hall–Kier alpha value is -1.62. The summed E-state index contributed by atoms with van der Waals surface area (Å²) in [6, 6.07) is 4.42. The Labute approximate surface area is 106 Å². The number of aliphatic hydroxyl groups is 1. The fourth-order valence-corrected chi connectivity index (χ4v) is 1.73. The van der Waals surface area contributed by atoms with Crippen LogP contribution >= 0.6 is 0 Å². The van der Waals surface area contributed by atoms with E-state index in [1.807, 2.05) is 13.8 Å². The highest BCUT2D eigenvalue weighted by molar-refractivity contribution is 5.79. The van der Waals surface area contributed by atoms with E-state index in [1.165, 1.54) is 6.07 Å². The summed E-state index contributed by atoms with van der Waals surface area (Å²) in [6.45, 7) is 5.23. The van der Waals surface area contributed by atoms with Crippen LogP contribution in [0.3, 0.4) is 0 Å². The summed E-state index contributed by atoms with van der Waals surface area (Å²) in [7, 11) is 0. The Bertz CT molecular complexity index is 433. The number of nitrogens with zero attached hydrogens (tertiary/aromatic N) is 1. The lowest BCUT2D eigenvalue weighted by molar-refractivity contribution is -0.116. The van der Waals surface area contributed by atoms with E-state index in [2.05, 4.69) is 0 Å². The van der Waals surface area contributed by atoms with Gasteiger partial charge in [0.2, 0.25) is 5.91 Å². The van der Waals surface area contributed by atoms with Gasteiger partial charge >= 0.3 is 0 Å². The molecule has 1 atom stereocenters. The molecule has 1 rings (SSSR count). The Morgan fingerprint density at radius 3 is 2.44 bits per heavy atom. The summed E-state index contributed by atoms with van der Waals surface area (Å²) < 4.78 is 14.0. The minimum absolute atomic E-state index is 0.0391. The largest absolute Gasteiger partial charge is 0.389 e. The minimum atomic E-state index is -0.725. The molecular weight excluding hydrogens is 235 g/mol. The number of carbonyl (C=O) groups is 1. The van der Waals surface area contributed by atoms with Gasteiger partial charge in [-0.2, -0.15) is 0 Å². The smallest absolute Gasteiger partial charge is 0.236 e. The van der Waals surface area contributed by atoms with Crippen LogP contribution in [-0.4, -0.2) is 23.6 Å². The molecule has 0 radical (unpaired) electrons. The highest BCUT2D eigenvalue weighted by Crippen LogP contribution is 2.24. The maximum Gasteiger partial charge on any atom is 0.236 e. The zero-order valence-corrected chi connectivity index (χ0v) is 10.9. The molecule has 1 aromatic carbocycles. The lowest BCUT2D eigenvalue weighted by Crippen LogP contribution is -2.39. The first-order valence-electron chi connectivity index (χ1n) is 5.85. The van der Waals surface area contributed by atoms with Crippen molar-refractivity contribution in [2.75, 3.05) is 11.4 Å². The summed E-state index contributed by atoms with van der Waals surface area (Å²) in [5.74, 6) is -0.981. The van der Waals surface area contributed by atoms with Crippen LogP contribution in [0.4, 0.5) is 10.1 Å². The normalized spacial score (nSPS) is 12.6. The number of hydrogen-bond donors (Lipinski definition) is 2. The van der Waals surface area contributed by atoms with Crippen molar-refractivity contribution in [3.05, 3.63) is 29.6 Å². The number of halogens is 1. The molecule has 0 bridgehead atoms. The standard InChI is InChI=1S/C13H19FN2O2/c1-8(2)16(7-13(15)18)12-5-4-10(9(3)17)6-11(12)14/h4-6,8-9,17H,7H2,1-3H3,(H2,15,18). The lowest BCUT2D eigenvalue weighted by Gasteiger charge is -2.28. The molecule has 0 spiro atoms. The first kappa shape index (κ1) is 14.4. The maximum atomic E-state index is 14.0. The Balaban J connectivity index is 3.09. The third-order valence-corrected chi connectivity index (χ3v) is 2.71. The van der Waals surface area contributed by atoms with Crippen molar-refractivity contribution in [2.24, 2.45) is 5.73 Å². The van der Waals surface area contributed by atoms with Crippen LogP contribution in [0.5, 0.6) is 0 Å². The average molecular weight is 254 g/mol. The van der Waals surface area contributed by atoms with E-state index in [0.717, 1.165) is 0 Å². The predicted molar refractivity (Wildman–Crippen MR) is 68.7 cm³/mol. The number of benzene rings is 1. The quantitative estimate of drug-likeness (QED) is 0.838. The van der Waals surface area contributed by atoms with Crippen LogP contribution in [-0.2, 0) is 4.79 Å². The zero-order valence-electron chi connectivity index (χ0n) is 10.9. The molecule has 3 N–H and O–H groups in total. The first-order valence-corrected chi connectivity index (χ1v) is 5.85. The van der Waals surface area contributed by atoms with Gasteiger partial charge in [0.15, 0.2) is 0 Å². The molecule has 18 heavy (non-hydrogen) atoms. The van der Waals surface area contributed by atoms with Crippen LogP contribution in [0.2, 0.25) is 0 Å². The molecule has 0 heterocycles. The van der Waals surface area contributed by atoms with Gasteiger partial charge in [0.1, 0.15) is 5.82 Å². The van der Waals surface area contributed by atoms with Crippen molar-refractivity contribution < 1.29 is 14.3 Å². The number of primary amides is 1. The van der Waals surface area contributed by atoms with Crippen molar-refractivity contribution in [3.63, 3.8) is 0 Å². The van der Waals surface area contributed by atoms with Gasteiger partial charge in [0, 0.05) is 6.04 Å². The second-order valence-corrected chi connectivity index (χ2v) is 4.57. The number of nitrogens with two attached hydrogens (primary N) is 1. The summed E-state index contributed by atoms with van der Waals surface area (Å²) in [5.41, 5.74) is 5.97. The Kier molecular flexibility index (Phi) is 4.67. The van der Waals surface area contributed by atoms with Gasteiger partial charge in [-0.15, -0.1) is 0 Å². The fourth-order valence-electron chi connectivity index (χ4n) is 1.73. The third kappa shape index (κ3) is 3.43. The van der Waals surface area contributed by atoms with Crippen LogP contribution in [0, 0.1) is 5.82 Å². The van der Waals surface area contributed by atoms with E-state index in [9.17, 15) is 14.3 Å². The van der Waals surface area contributed by atoms with E-state index in [-0.39, 0.29) is 12.6 Å². The Morgan fingerprint density at radius 2 is 2.06 bits per heavy atom. The molecule has 1 aromatic rings. The van der Waals surface area contributed by atoms with Gasteiger partial charge < -0.3 is 15.7 Å². The first-order chi connectivity index (χ1) is 8.32. The van der Waals surface area contributed by atoms with E-state index in [1.54, 1.807) is 24.0 Å². The van der Waals surface area contributed by atoms with E-state index < -0.39 is 17.8 Å². The highest BCUT2D eigenvalue weighted by atomic mass is 19.1. The number of hydrogen-bond acceptors (Lipinski definition) is 3. The molecule has 0 aliphatic heterocycles. The van der Waals surface area contributed by atoms with Crippen molar-refractivity contribution >= 4 is 11.6 Å². The third-order valence-electron chi connectivity index (χ3n) is 2.71. The van der Waals surface area contributed by atoms with Gasteiger partial charge in [-0.3, -0.25) is 4.79 Å². The Morgan fingerprint density at radius 1 is 1.44 bits per heavy atom. The SMILES string of the molecule is CC(O)c1ccc(N(CC(N)=O)C(C)C)c(F)c1. The number of carbonyl (C=O) groups excluding carboxylic acids is 1. The van der Waals surface area contributed by atoms with Gasteiger partial charge in [0.05, 0.1) is 18.3 Å². The molecular formula is C13H19FN2O2. The van der Waals surface area contributed by atoms with Crippen molar-refractivity contribution in [1.29, 1.82) is 0 Å². The molecule has 0 aliphatic rings. The lowest BCUT2D eigenvalue weighted by atomic mass is 10.1. The highest BCUT2D eigenvalue weighted by Gasteiger charge is 2.17. The summed E-state index contributed by atoms with van der Waals surface area (Å²) in [5, 5.41) is 9.38. The van der Waals surface area contributed by atoms with E-state index >= 15 is 0 Å². The van der Waals surface area contributed by atoms with E-state index in [4.69, 9.17) is 5.73 Å². The molecule has 4 nitrogen and oxygen atoms in total. The molecule has 0 saturated carbocycles. The van der Waals surface area contributed by atoms with Crippen LogP contribution in [0.25, 0.3) is 0 Å². The van der Waals surface area contributed by atoms with Crippen LogP contribution < -0.4 is 10.6 Å². The summed E-state index contributed by atoms with van der Waals surface area (Å²) >= 11 is 0. The number of aliphatic hydroxyl groups excluding tert-OH is 1. The second kappa shape index (κ2) is 5.82. The average Bonchev–Trinajstić information content (AvgIpc) is 2.25. The molecule has 0 aromatic heterocycles. The van der Waals surface area contributed by atoms with Crippen LogP contribution in [0.1, 0.15) is 32.4 Å². The fraction of sp³-hybridized carbons (Fsp3) is 0.462. The molecule has 0 aliphatic carbocycles. The number of anilines is 1. The van der Waals surface area contributed by atoms with Crippen molar-refractivity contribution in [2.45, 2.75) is 32.9 Å². The second-order valence-electron chi connectivity index (χ2n) is 4.57. The molecule has 1 amide bonds. The summed E-state index contributed by atoms with van der Waals surface area (Å²) in [6.07, 6.45) is -0.725. The van der Waals surface area contributed by atoms with Crippen molar-refractivity contribution in [1.82, 2.24) is 0 Å². The minimum Gasteiger partial charge on any atom is -0.389 e. The molecule has 1 unspecified atom stereocenters. The topological polar surface area (TPSA) is 66.6 Å². The number of rotatable bonds is 5. The van der Waals surface area contributed by atoms with E-state index in [0.29, 0.717) is 11.3 Å².